The Hall–Kier alpha value is -0.760. The standard InChI is InChI=1S/C9H15F2NO4S/c1-2-9(7(13)14)4-3-5-12(6-9)17(15,16)8(10)11/h8H,2-6H2,1H3,(H,13,14). The van der Waals surface area contributed by atoms with Gasteiger partial charge in [0, 0.05) is 13.1 Å². The van der Waals surface area contributed by atoms with E-state index in [0.29, 0.717) is 10.7 Å². The van der Waals surface area contributed by atoms with E-state index in [1.54, 1.807) is 6.92 Å². The van der Waals surface area contributed by atoms with E-state index >= 15 is 0 Å². The second-order valence-corrected chi connectivity index (χ2v) is 6.08. The van der Waals surface area contributed by atoms with Gasteiger partial charge in [0.2, 0.25) is 0 Å². The molecule has 100 valence electrons. The van der Waals surface area contributed by atoms with Crippen molar-refractivity contribution in [2.75, 3.05) is 13.1 Å². The summed E-state index contributed by atoms with van der Waals surface area (Å²) >= 11 is 0. The first-order valence-corrected chi connectivity index (χ1v) is 6.77. The van der Waals surface area contributed by atoms with Crippen LogP contribution >= 0.6 is 0 Å². The van der Waals surface area contributed by atoms with Gasteiger partial charge in [-0.1, -0.05) is 6.92 Å². The second-order valence-electron chi connectivity index (χ2n) is 4.18. The van der Waals surface area contributed by atoms with Crippen LogP contribution in [0.4, 0.5) is 8.78 Å². The van der Waals surface area contributed by atoms with Crippen molar-refractivity contribution in [1.29, 1.82) is 0 Å². The minimum absolute atomic E-state index is 0.0400. The van der Waals surface area contributed by atoms with Crippen LogP contribution in [0.25, 0.3) is 0 Å². The zero-order chi connectivity index (χ0) is 13.3. The van der Waals surface area contributed by atoms with E-state index in [0.717, 1.165) is 0 Å². The molecule has 1 N–H and O–H groups in total. The number of rotatable bonds is 4. The maximum atomic E-state index is 12.4. The molecule has 0 spiro atoms. The van der Waals surface area contributed by atoms with Crippen molar-refractivity contribution >= 4 is 16.0 Å². The summed E-state index contributed by atoms with van der Waals surface area (Å²) in [6, 6.07) is 0. The van der Waals surface area contributed by atoms with Crippen LogP contribution in [0.3, 0.4) is 0 Å². The number of piperidine rings is 1. The van der Waals surface area contributed by atoms with E-state index in [1.165, 1.54) is 0 Å². The van der Waals surface area contributed by atoms with Crippen molar-refractivity contribution in [2.24, 2.45) is 5.41 Å². The van der Waals surface area contributed by atoms with Gasteiger partial charge in [-0.25, -0.2) is 8.42 Å². The molecule has 5 nitrogen and oxygen atoms in total. The van der Waals surface area contributed by atoms with Crippen LogP contribution in [0.2, 0.25) is 0 Å². The highest BCUT2D eigenvalue weighted by molar-refractivity contribution is 7.89. The summed E-state index contributed by atoms with van der Waals surface area (Å²) in [5.41, 5.74) is -1.24. The normalized spacial score (nSPS) is 27.3. The number of halogens is 2. The zero-order valence-electron chi connectivity index (χ0n) is 9.40. The van der Waals surface area contributed by atoms with Crippen LogP contribution in [0.1, 0.15) is 26.2 Å². The number of carboxylic acids is 1. The fourth-order valence-corrected chi connectivity index (χ4v) is 3.07. The first-order valence-electron chi connectivity index (χ1n) is 5.27. The van der Waals surface area contributed by atoms with Crippen LogP contribution in [0.15, 0.2) is 0 Å². The molecule has 1 rings (SSSR count). The fourth-order valence-electron chi connectivity index (χ4n) is 2.03. The molecule has 0 saturated carbocycles. The Bertz CT molecular complexity index is 398. The lowest BCUT2D eigenvalue weighted by atomic mass is 9.78. The SMILES string of the molecule is CCC1(C(=O)O)CCCN(S(=O)(=O)C(F)F)C1. The molecule has 0 aliphatic carbocycles. The number of sulfonamides is 1. The van der Waals surface area contributed by atoms with E-state index in [4.69, 9.17) is 5.11 Å². The molecule has 1 saturated heterocycles. The minimum atomic E-state index is -4.68. The lowest BCUT2D eigenvalue weighted by Crippen LogP contribution is -2.50. The largest absolute Gasteiger partial charge is 0.481 e. The molecule has 1 atom stereocenters. The average molecular weight is 271 g/mol. The highest BCUT2D eigenvalue weighted by atomic mass is 32.2. The predicted octanol–water partition coefficient (Wildman–Crippen LogP) is 1.12. The molecule has 1 fully saturated rings. The molecule has 0 amide bonds. The van der Waals surface area contributed by atoms with E-state index in [9.17, 15) is 22.0 Å². The third-order valence-electron chi connectivity index (χ3n) is 3.26. The zero-order valence-corrected chi connectivity index (χ0v) is 10.2. The van der Waals surface area contributed by atoms with E-state index in [2.05, 4.69) is 0 Å². The van der Waals surface area contributed by atoms with Crippen molar-refractivity contribution in [1.82, 2.24) is 4.31 Å². The molecule has 17 heavy (non-hydrogen) atoms. The van der Waals surface area contributed by atoms with Crippen LogP contribution in [-0.4, -0.2) is 42.6 Å². The van der Waals surface area contributed by atoms with Gasteiger partial charge < -0.3 is 5.11 Å². The topological polar surface area (TPSA) is 74.7 Å². The van der Waals surface area contributed by atoms with E-state index < -0.39 is 27.2 Å². The van der Waals surface area contributed by atoms with Gasteiger partial charge in [0.25, 0.3) is 10.0 Å². The quantitative estimate of drug-likeness (QED) is 0.831. The highest BCUT2D eigenvalue weighted by Crippen LogP contribution is 2.35. The molecule has 0 radical (unpaired) electrons. The maximum Gasteiger partial charge on any atom is 0.350 e. The number of hydrogen-bond donors (Lipinski definition) is 1. The Morgan fingerprint density at radius 1 is 1.53 bits per heavy atom. The van der Waals surface area contributed by atoms with Gasteiger partial charge in [0.05, 0.1) is 5.41 Å². The molecular weight excluding hydrogens is 256 g/mol. The second kappa shape index (κ2) is 4.85. The molecule has 8 heteroatoms. The molecule has 0 aromatic rings. The summed E-state index contributed by atoms with van der Waals surface area (Å²) in [7, 11) is -4.68. The van der Waals surface area contributed by atoms with Gasteiger partial charge >= 0.3 is 11.7 Å². The number of alkyl halides is 2. The van der Waals surface area contributed by atoms with Crippen LogP contribution in [0, 0.1) is 5.41 Å². The summed E-state index contributed by atoms with van der Waals surface area (Å²) < 4.78 is 47.9. The van der Waals surface area contributed by atoms with Gasteiger partial charge in [0.1, 0.15) is 0 Å². The van der Waals surface area contributed by atoms with Gasteiger partial charge in [-0.3, -0.25) is 4.79 Å². The van der Waals surface area contributed by atoms with Crippen LogP contribution in [-0.2, 0) is 14.8 Å². The Morgan fingerprint density at radius 3 is 2.53 bits per heavy atom. The van der Waals surface area contributed by atoms with Crippen molar-refractivity contribution in [2.45, 2.75) is 31.9 Å². The molecule has 1 aliphatic heterocycles. The van der Waals surface area contributed by atoms with Gasteiger partial charge in [-0.05, 0) is 19.3 Å². The summed E-state index contributed by atoms with van der Waals surface area (Å²) in [6.07, 6.45) is 0.817. The number of carbonyl (C=O) groups is 1. The number of aliphatic carboxylic acids is 1. The predicted molar refractivity (Wildman–Crippen MR) is 56.1 cm³/mol. The highest BCUT2D eigenvalue weighted by Gasteiger charge is 2.46. The first kappa shape index (κ1) is 14.3. The van der Waals surface area contributed by atoms with E-state index in [1.807, 2.05) is 0 Å². The Morgan fingerprint density at radius 2 is 2.12 bits per heavy atom. The number of hydrogen-bond acceptors (Lipinski definition) is 3. The average Bonchev–Trinajstić information content (AvgIpc) is 2.28. The van der Waals surface area contributed by atoms with Gasteiger partial charge in [-0.15, -0.1) is 0 Å². The first-order chi connectivity index (χ1) is 7.76. The minimum Gasteiger partial charge on any atom is -0.481 e. The summed E-state index contributed by atoms with van der Waals surface area (Å²) in [5.74, 6) is -4.63. The van der Waals surface area contributed by atoms with Crippen molar-refractivity contribution < 1.29 is 27.1 Å². The Balaban J connectivity index is 2.98. The lowest BCUT2D eigenvalue weighted by Gasteiger charge is -2.38. The van der Waals surface area contributed by atoms with Gasteiger partial charge in [-0.2, -0.15) is 13.1 Å². The fraction of sp³-hybridized carbons (Fsp3) is 0.889. The maximum absolute atomic E-state index is 12.4. The van der Waals surface area contributed by atoms with Gasteiger partial charge in [0.15, 0.2) is 0 Å². The van der Waals surface area contributed by atoms with Crippen molar-refractivity contribution in [3.05, 3.63) is 0 Å². The van der Waals surface area contributed by atoms with Crippen molar-refractivity contribution in [3.63, 3.8) is 0 Å². The molecule has 0 bridgehead atoms. The van der Waals surface area contributed by atoms with Crippen molar-refractivity contribution in [3.8, 4) is 0 Å². The smallest absolute Gasteiger partial charge is 0.350 e. The summed E-state index contributed by atoms with van der Waals surface area (Å²) in [5, 5.41) is 9.10. The molecule has 0 aromatic heterocycles. The molecule has 1 aliphatic rings. The molecule has 0 aromatic carbocycles. The van der Waals surface area contributed by atoms with Crippen LogP contribution < -0.4 is 0 Å². The third-order valence-corrected chi connectivity index (χ3v) is 4.74. The van der Waals surface area contributed by atoms with E-state index in [-0.39, 0.29) is 25.9 Å². The number of nitrogens with zero attached hydrogens (tertiary/aromatic N) is 1. The third kappa shape index (κ3) is 2.57. The number of carboxylic acid groups (broad SMARTS) is 1. The molecular formula is C9H15F2NO4S. The molecule has 1 unspecified atom stereocenters. The monoisotopic (exact) mass is 271 g/mol. The Kier molecular flexibility index (Phi) is 4.08. The van der Waals surface area contributed by atoms with Crippen LogP contribution in [0.5, 0.6) is 0 Å². The summed E-state index contributed by atoms with van der Waals surface area (Å²) in [4.78, 5) is 11.1. The summed E-state index contributed by atoms with van der Waals surface area (Å²) in [6.45, 7) is 1.21. The molecule has 1 heterocycles. The lowest BCUT2D eigenvalue weighted by molar-refractivity contribution is -0.151. The Labute approximate surface area is 98.5 Å².